The summed E-state index contributed by atoms with van der Waals surface area (Å²) in [5.74, 6) is -1.76. The normalized spacial score (nSPS) is 15.5. The number of carboxylic acid groups (broad SMARTS) is 1. The highest BCUT2D eigenvalue weighted by molar-refractivity contribution is 6.01. The SMILES string of the molecule is C[C@@H](O)CNC(C)(C)CC(=O)N[C@@H]1CCc2ccccc2N(Cc2ccc(-c3ccccc3C(=O)NCCC(=O)O)cc2)C1=O. The van der Waals surface area contributed by atoms with Gasteiger partial charge in [0.1, 0.15) is 6.04 Å². The Kier molecular flexibility index (Phi) is 11.1. The van der Waals surface area contributed by atoms with Crippen molar-refractivity contribution in [3.63, 3.8) is 0 Å². The molecular weight excluding hydrogens is 572 g/mol. The van der Waals surface area contributed by atoms with Crippen LogP contribution in [-0.2, 0) is 27.3 Å². The second-order valence-corrected chi connectivity index (χ2v) is 12.1. The molecule has 0 aliphatic carbocycles. The van der Waals surface area contributed by atoms with E-state index in [4.69, 9.17) is 5.11 Å². The first-order valence-corrected chi connectivity index (χ1v) is 15.2. The van der Waals surface area contributed by atoms with E-state index in [2.05, 4.69) is 16.0 Å². The number of para-hydroxylation sites is 1. The molecule has 3 aromatic carbocycles. The van der Waals surface area contributed by atoms with Gasteiger partial charge in [-0.15, -0.1) is 0 Å². The Bertz CT molecular complexity index is 1520. The number of carboxylic acids is 1. The number of aliphatic hydroxyl groups is 1. The minimum atomic E-state index is -0.983. The quantitative estimate of drug-likeness (QED) is 0.197. The van der Waals surface area contributed by atoms with Crippen LogP contribution < -0.4 is 20.9 Å². The number of β-amino-alcohol motifs (C(OH)–C–C–N with tert-alkyl or cyclic N) is 1. The number of carbonyl (C=O) groups excluding carboxylic acids is 3. The maximum Gasteiger partial charge on any atom is 0.305 e. The van der Waals surface area contributed by atoms with Crippen molar-refractivity contribution in [1.82, 2.24) is 16.0 Å². The van der Waals surface area contributed by atoms with E-state index < -0.39 is 23.7 Å². The Balaban J connectivity index is 1.51. The smallest absolute Gasteiger partial charge is 0.305 e. The van der Waals surface area contributed by atoms with E-state index in [1.54, 1.807) is 24.0 Å². The summed E-state index contributed by atoms with van der Waals surface area (Å²) >= 11 is 0. The molecule has 0 aromatic heterocycles. The molecule has 1 aliphatic rings. The molecule has 0 saturated carbocycles. The van der Waals surface area contributed by atoms with Crippen molar-refractivity contribution in [1.29, 1.82) is 0 Å². The van der Waals surface area contributed by atoms with Gasteiger partial charge in [-0.05, 0) is 68.0 Å². The fourth-order valence-corrected chi connectivity index (χ4v) is 5.43. The highest BCUT2D eigenvalue weighted by Crippen LogP contribution is 2.30. The minimum absolute atomic E-state index is 0.0336. The summed E-state index contributed by atoms with van der Waals surface area (Å²) in [5, 5.41) is 27.3. The van der Waals surface area contributed by atoms with E-state index in [0.717, 1.165) is 22.4 Å². The number of nitrogens with one attached hydrogen (secondary N) is 3. The van der Waals surface area contributed by atoms with Gasteiger partial charge in [0.15, 0.2) is 0 Å². The Labute approximate surface area is 263 Å². The zero-order valence-electron chi connectivity index (χ0n) is 26.0. The lowest BCUT2D eigenvalue weighted by Gasteiger charge is -2.29. The topological polar surface area (TPSA) is 148 Å². The number of benzene rings is 3. The van der Waals surface area contributed by atoms with Crippen molar-refractivity contribution >= 4 is 29.4 Å². The van der Waals surface area contributed by atoms with Crippen molar-refractivity contribution in [3.8, 4) is 11.1 Å². The molecule has 10 heteroatoms. The number of rotatable bonds is 13. The molecule has 0 fully saturated rings. The molecule has 3 aromatic rings. The number of aliphatic carboxylic acids is 1. The van der Waals surface area contributed by atoms with Crippen LogP contribution in [-0.4, -0.2) is 64.7 Å². The molecule has 0 spiro atoms. The van der Waals surface area contributed by atoms with E-state index in [1.807, 2.05) is 74.5 Å². The van der Waals surface area contributed by atoms with Crippen LogP contribution in [0.2, 0.25) is 0 Å². The maximum absolute atomic E-state index is 13.9. The third-order valence-corrected chi connectivity index (χ3v) is 7.76. The average molecular weight is 615 g/mol. The Hall–Kier alpha value is -4.54. The molecule has 4 rings (SSSR count). The summed E-state index contributed by atoms with van der Waals surface area (Å²) in [7, 11) is 0. The highest BCUT2D eigenvalue weighted by atomic mass is 16.4. The lowest BCUT2D eigenvalue weighted by atomic mass is 9.98. The molecule has 10 nitrogen and oxygen atoms in total. The van der Waals surface area contributed by atoms with E-state index in [1.165, 1.54) is 0 Å². The molecule has 5 N–H and O–H groups in total. The number of nitrogens with zero attached hydrogens (tertiary/aromatic N) is 1. The van der Waals surface area contributed by atoms with Crippen LogP contribution in [0, 0.1) is 0 Å². The van der Waals surface area contributed by atoms with Gasteiger partial charge in [-0.3, -0.25) is 19.2 Å². The third kappa shape index (κ3) is 9.23. The molecule has 0 radical (unpaired) electrons. The van der Waals surface area contributed by atoms with E-state index in [0.29, 0.717) is 37.1 Å². The van der Waals surface area contributed by atoms with E-state index in [9.17, 15) is 24.3 Å². The first kappa shape index (κ1) is 33.4. The van der Waals surface area contributed by atoms with Gasteiger partial charge in [0.05, 0.1) is 19.1 Å². The molecule has 45 heavy (non-hydrogen) atoms. The number of fused-ring (bicyclic) bond motifs is 1. The number of carbonyl (C=O) groups is 4. The van der Waals surface area contributed by atoms with Gasteiger partial charge in [-0.25, -0.2) is 0 Å². The maximum atomic E-state index is 13.9. The predicted octanol–water partition coefficient (Wildman–Crippen LogP) is 3.66. The molecular formula is C35H42N4O6. The molecule has 238 valence electrons. The fourth-order valence-electron chi connectivity index (χ4n) is 5.43. The summed E-state index contributed by atoms with van der Waals surface area (Å²) in [6.45, 7) is 6.14. The first-order valence-electron chi connectivity index (χ1n) is 15.2. The Morgan fingerprint density at radius 1 is 1.00 bits per heavy atom. The lowest BCUT2D eigenvalue weighted by Crippen LogP contribution is -2.51. The zero-order chi connectivity index (χ0) is 32.6. The van der Waals surface area contributed by atoms with Crippen molar-refractivity contribution in [3.05, 3.63) is 89.5 Å². The van der Waals surface area contributed by atoms with Gasteiger partial charge in [0.2, 0.25) is 11.8 Å². The summed E-state index contributed by atoms with van der Waals surface area (Å²) in [4.78, 5) is 52.4. The van der Waals surface area contributed by atoms with Gasteiger partial charge in [-0.1, -0.05) is 60.7 Å². The van der Waals surface area contributed by atoms with Crippen molar-refractivity contribution in [2.45, 2.75) is 70.7 Å². The van der Waals surface area contributed by atoms with Crippen LogP contribution in [0.3, 0.4) is 0 Å². The van der Waals surface area contributed by atoms with Crippen LogP contribution in [0.15, 0.2) is 72.8 Å². The van der Waals surface area contributed by atoms with E-state index >= 15 is 0 Å². The van der Waals surface area contributed by atoms with Crippen molar-refractivity contribution < 1.29 is 29.4 Å². The second-order valence-electron chi connectivity index (χ2n) is 12.1. The summed E-state index contributed by atoms with van der Waals surface area (Å²) in [6.07, 6.45) is 0.560. The molecule has 3 amide bonds. The first-order chi connectivity index (χ1) is 21.4. The molecule has 2 atom stereocenters. The van der Waals surface area contributed by atoms with Gasteiger partial charge in [0, 0.05) is 36.3 Å². The average Bonchev–Trinajstić information content (AvgIpc) is 3.12. The monoisotopic (exact) mass is 614 g/mol. The number of aliphatic hydroxyl groups excluding tert-OH is 1. The summed E-state index contributed by atoms with van der Waals surface area (Å²) in [5.41, 5.74) is 4.11. The van der Waals surface area contributed by atoms with Crippen LogP contribution in [0.1, 0.15) is 61.5 Å². The summed E-state index contributed by atoms with van der Waals surface area (Å²) in [6, 6.07) is 21.8. The lowest BCUT2D eigenvalue weighted by molar-refractivity contribution is -0.136. The largest absolute Gasteiger partial charge is 0.481 e. The van der Waals surface area contributed by atoms with Gasteiger partial charge >= 0.3 is 5.97 Å². The van der Waals surface area contributed by atoms with Crippen LogP contribution >= 0.6 is 0 Å². The van der Waals surface area contributed by atoms with Crippen molar-refractivity contribution in [2.75, 3.05) is 18.0 Å². The molecule has 1 heterocycles. The third-order valence-electron chi connectivity index (χ3n) is 7.76. The van der Waals surface area contributed by atoms with Gasteiger partial charge in [-0.2, -0.15) is 0 Å². The minimum Gasteiger partial charge on any atom is -0.481 e. The molecule has 0 unspecified atom stereocenters. The Morgan fingerprint density at radius 3 is 2.40 bits per heavy atom. The fraction of sp³-hybridized carbons (Fsp3) is 0.371. The number of hydrogen-bond donors (Lipinski definition) is 5. The summed E-state index contributed by atoms with van der Waals surface area (Å²) < 4.78 is 0. The van der Waals surface area contributed by atoms with Crippen LogP contribution in [0.25, 0.3) is 11.1 Å². The van der Waals surface area contributed by atoms with Crippen molar-refractivity contribution in [2.24, 2.45) is 0 Å². The van der Waals surface area contributed by atoms with Crippen LogP contribution in [0.5, 0.6) is 0 Å². The molecule has 0 bridgehead atoms. The second kappa shape index (κ2) is 15.0. The molecule has 0 saturated heterocycles. The zero-order valence-corrected chi connectivity index (χ0v) is 26.0. The Morgan fingerprint density at radius 2 is 1.69 bits per heavy atom. The predicted molar refractivity (Wildman–Crippen MR) is 173 cm³/mol. The highest BCUT2D eigenvalue weighted by Gasteiger charge is 2.32. The van der Waals surface area contributed by atoms with Gasteiger partial charge in [0.25, 0.3) is 5.91 Å². The van der Waals surface area contributed by atoms with Gasteiger partial charge < -0.3 is 31.1 Å². The molecule has 1 aliphatic heterocycles. The van der Waals surface area contributed by atoms with Crippen LogP contribution in [0.4, 0.5) is 5.69 Å². The van der Waals surface area contributed by atoms with E-state index in [-0.39, 0.29) is 37.1 Å². The standard InChI is InChI=1S/C35H42N4O6/c1-23(40)21-37-35(2,3)20-31(41)38-29-17-16-26-8-4-7-11-30(26)39(34(29)45)22-24-12-14-25(15-13-24)27-9-5-6-10-28(27)33(44)36-19-18-32(42)43/h4-15,23,29,37,40H,16-22H2,1-3H3,(H,36,44)(H,38,41)(H,42,43)/t23-,29-/m1/s1. The number of amides is 3. The number of aryl methyl sites for hydroxylation is 1. The number of anilines is 1. The number of hydrogen-bond acceptors (Lipinski definition) is 6.